The molecule has 0 aliphatic carbocycles. The van der Waals surface area contributed by atoms with E-state index in [1.54, 1.807) is 7.11 Å². The Kier molecular flexibility index (Phi) is 3.96. The molecular weight excluding hydrogens is 240 g/mol. The summed E-state index contributed by atoms with van der Waals surface area (Å²) >= 11 is 0. The Hall–Kier alpha value is -1.73. The fourth-order valence-electron chi connectivity index (χ4n) is 2.39. The van der Waals surface area contributed by atoms with Gasteiger partial charge in [0.25, 0.3) is 0 Å². The first-order chi connectivity index (χ1) is 9.05. The third kappa shape index (κ3) is 2.82. The summed E-state index contributed by atoms with van der Waals surface area (Å²) in [7, 11) is 1.63. The van der Waals surface area contributed by atoms with Crippen LogP contribution in [0.25, 0.3) is 0 Å². The lowest BCUT2D eigenvalue weighted by molar-refractivity contribution is 0.254. The number of methoxy groups -OCH3 is 1. The van der Waals surface area contributed by atoms with Gasteiger partial charge in [0, 0.05) is 23.6 Å². The quantitative estimate of drug-likeness (QED) is 0.904. The number of hydrogen-bond donors (Lipinski definition) is 1. The third-order valence-corrected chi connectivity index (χ3v) is 3.19. The first-order valence-electron chi connectivity index (χ1n) is 6.58. The van der Waals surface area contributed by atoms with Crippen molar-refractivity contribution in [2.45, 2.75) is 45.4 Å². The molecule has 0 radical (unpaired) electrons. The van der Waals surface area contributed by atoms with E-state index in [0.29, 0.717) is 0 Å². The van der Waals surface area contributed by atoms with Crippen molar-refractivity contribution in [1.82, 2.24) is 5.32 Å². The van der Waals surface area contributed by atoms with Crippen LogP contribution in [0.1, 0.15) is 37.9 Å². The summed E-state index contributed by atoms with van der Waals surface area (Å²) in [4.78, 5) is 0. The number of nitriles is 1. The van der Waals surface area contributed by atoms with E-state index in [4.69, 9.17) is 9.47 Å². The molecule has 0 bridgehead atoms. The molecule has 1 aliphatic rings. The maximum absolute atomic E-state index is 9.34. The molecule has 1 aromatic rings. The molecule has 4 heteroatoms. The zero-order valence-corrected chi connectivity index (χ0v) is 11.9. The van der Waals surface area contributed by atoms with Crippen LogP contribution in [0.5, 0.6) is 11.5 Å². The molecule has 19 heavy (non-hydrogen) atoms. The Balaban J connectivity index is 2.39. The van der Waals surface area contributed by atoms with E-state index >= 15 is 0 Å². The van der Waals surface area contributed by atoms with Crippen molar-refractivity contribution >= 4 is 0 Å². The second-order valence-corrected chi connectivity index (χ2v) is 5.22. The highest BCUT2D eigenvalue weighted by Crippen LogP contribution is 2.37. The maximum Gasteiger partial charge on any atom is 0.125 e. The van der Waals surface area contributed by atoms with Gasteiger partial charge in [-0.05, 0) is 32.9 Å². The van der Waals surface area contributed by atoms with Gasteiger partial charge in [-0.15, -0.1) is 0 Å². The van der Waals surface area contributed by atoms with Gasteiger partial charge in [-0.3, -0.25) is 5.32 Å². The highest BCUT2D eigenvalue weighted by Gasteiger charge is 2.25. The Labute approximate surface area is 114 Å². The Morgan fingerprint density at radius 2 is 2.21 bits per heavy atom. The fourth-order valence-corrected chi connectivity index (χ4v) is 2.39. The van der Waals surface area contributed by atoms with Crippen LogP contribution in [0.4, 0.5) is 0 Å². The average molecular weight is 260 g/mol. The maximum atomic E-state index is 9.34. The van der Waals surface area contributed by atoms with Gasteiger partial charge in [-0.25, -0.2) is 0 Å². The zero-order valence-electron chi connectivity index (χ0n) is 11.9. The van der Waals surface area contributed by atoms with E-state index in [9.17, 15) is 5.26 Å². The minimum atomic E-state index is -0.389. The third-order valence-electron chi connectivity index (χ3n) is 3.19. The molecule has 102 valence electrons. The van der Waals surface area contributed by atoms with Crippen molar-refractivity contribution in [3.8, 4) is 17.6 Å². The fraction of sp³-hybridized carbons (Fsp3) is 0.533. The van der Waals surface area contributed by atoms with E-state index in [1.165, 1.54) is 0 Å². The van der Waals surface area contributed by atoms with Crippen molar-refractivity contribution in [2.75, 3.05) is 7.11 Å². The molecular formula is C15H20N2O2. The van der Waals surface area contributed by atoms with Gasteiger partial charge in [0.05, 0.1) is 13.2 Å². The monoisotopic (exact) mass is 260 g/mol. The molecule has 0 spiro atoms. The first kappa shape index (κ1) is 13.7. The van der Waals surface area contributed by atoms with Crippen LogP contribution < -0.4 is 14.8 Å². The lowest BCUT2D eigenvalue weighted by Gasteiger charge is -2.18. The number of hydrogen-bond acceptors (Lipinski definition) is 4. The van der Waals surface area contributed by atoms with Crippen LogP contribution in [-0.2, 0) is 6.42 Å². The average Bonchev–Trinajstić information content (AvgIpc) is 2.73. The second-order valence-electron chi connectivity index (χ2n) is 5.22. The summed E-state index contributed by atoms with van der Waals surface area (Å²) in [5, 5.41) is 12.6. The van der Waals surface area contributed by atoms with Gasteiger partial charge < -0.3 is 9.47 Å². The minimum absolute atomic E-state index is 0.188. The van der Waals surface area contributed by atoms with Crippen LogP contribution in [0.15, 0.2) is 12.1 Å². The second kappa shape index (κ2) is 5.50. The van der Waals surface area contributed by atoms with Crippen molar-refractivity contribution < 1.29 is 9.47 Å². The summed E-state index contributed by atoms with van der Waals surface area (Å²) < 4.78 is 11.2. The van der Waals surface area contributed by atoms with Crippen LogP contribution in [0.2, 0.25) is 0 Å². The van der Waals surface area contributed by atoms with Crippen molar-refractivity contribution in [2.24, 2.45) is 0 Å². The molecule has 2 atom stereocenters. The molecule has 0 saturated heterocycles. The number of rotatable bonds is 4. The number of benzene rings is 1. The predicted octanol–water partition coefficient (Wildman–Crippen LogP) is 2.58. The Morgan fingerprint density at radius 1 is 1.47 bits per heavy atom. The predicted molar refractivity (Wildman–Crippen MR) is 73.4 cm³/mol. The molecule has 1 aromatic carbocycles. The largest absolute Gasteiger partial charge is 0.496 e. The summed E-state index contributed by atoms with van der Waals surface area (Å²) in [6.07, 6.45) is 1.08. The molecule has 4 nitrogen and oxygen atoms in total. The lowest BCUT2D eigenvalue weighted by Crippen LogP contribution is -2.27. The molecule has 1 N–H and O–H groups in total. The molecule has 0 fully saturated rings. The van der Waals surface area contributed by atoms with Crippen LogP contribution in [-0.4, -0.2) is 19.3 Å². The van der Waals surface area contributed by atoms with Gasteiger partial charge in [-0.2, -0.15) is 5.26 Å². The standard InChI is InChI=1S/C15H20N2O2/c1-9(2)17-13(8-16)12-7-14-11(5-10(3)19-14)6-15(12)18-4/h6-7,9-10,13,17H,5H2,1-4H3. The summed E-state index contributed by atoms with van der Waals surface area (Å²) in [6.45, 7) is 6.08. The Morgan fingerprint density at radius 3 is 2.79 bits per heavy atom. The normalized spacial score (nSPS) is 18.6. The van der Waals surface area contributed by atoms with E-state index in [0.717, 1.165) is 29.0 Å². The van der Waals surface area contributed by atoms with Gasteiger partial charge in [0.15, 0.2) is 0 Å². The number of nitrogens with one attached hydrogen (secondary N) is 1. The highest BCUT2D eigenvalue weighted by atomic mass is 16.5. The first-order valence-corrected chi connectivity index (χ1v) is 6.58. The summed E-state index contributed by atoms with van der Waals surface area (Å²) in [6, 6.07) is 6.03. The van der Waals surface area contributed by atoms with Gasteiger partial charge in [0.2, 0.25) is 0 Å². The topological polar surface area (TPSA) is 54.3 Å². The van der Waals surface area contributed by atoms with Gasteiger partial charge >= 0.3 is 0 Å². The van der Waals surface area contributed by atoms with Crippen molar-refractivity contribution in [3.05, 3.63) is 23.3 Å². The van der Waals surface area contributed by atoms with Crippen LogP contribution >= 0.6 is 0 Å². The number of fused-ring (bicyclic) bond motifs is 1. The summed E-state index contributed by atoms with van der Waals surface area (Å²) in [5.41, 5.74) is 1.99. The van der Waals surface area contributed by atoms with Crippen LogP contribution in [0, 0.1) is 11.3 Å². The lowest BCUT2D eigenvalue weighted by atomic mass is 10.0. The Bertz CT molecular complexity index is 506. The molecule has 0 aromatic heterocycles. The van der Waals surface area contributed by atoms with Gasteiger partial charge in [0.1, 0.15) is 23.6 Å². The molecule has 1 heterocycles. The van der Waals surface area contributed by atoms with Crippen molar-refractivity contribution in [1.29, 1.82) is 5.26 Å². The zero-order chi connectivity index (χ0) is 14.0. The smallest absolute Gasteiger partial charge is 0.125 e. The molecule has 0 saturated carbocycles. The van der Waals surface area contributed by atoms with E-state index in [-0.39, 0.29) is 18.2 Å². The number of nitrogens with zero attached hydrogens (tertiary/aromatic N) is 1. The highest BCUT2D eigenvalue weighted by molar-refractivity contribution is 5.51. The molecule has 2 unspecified atom stereocenters. The summed E-state index contributed by atoms with van der Waals surface area (Å²) in [5.74, 6) is 1.62. The van der Waals surface area contributed by atoms with E-state index in [1.807, 2.05) is 32.9 Å². The molecule has 1 aliphatic heterocycles. The van der Waals surface area contributed by atoms with Gasteiger partial charge in [-0.1, -0.05) is 0 Å². The van der Waals surface area contributed by atoms with E-state index < -0.39 is 0 Å². The van der Waals surface area contributed by atoms with Crippen LogP contribution in [0.3, 0.4) is 0 Å². The molecule has 0 amide bonds. The minimum Gasteiger partial charge on any atom is -0.496 e. The van der Waals surface area contributed by atoms with Crippen molar-refractivity contribution in [3.63, 3.8) is 0 Å². The SMILES string of the molecule is COc1cc2c(cc1C(C#N)NC(C)C)OC(C)C2. The molecule has 2 rings (SSSR count). The number of ether oxygens (including phenoxy) is 2. The van der Waals surface area contributed by atoms with E-state index in [2.05, 4.69) is 11.4 Å².